The number of hydrogen-bond acceptors (Lipinski definition) is 7. The molecule has 0 atom stereocenters. The van der Waals surface area contributed by atoms with E-state index < -0.39 is 18.0 Å². The molecule has 0 fully saturated rings. The Balaban J connectivity index is 1.67. The molecule has 3 rings (SSSR count). The van der Waals surface area contributed by atoms with Crippen LogP contribution in [0.4, 0.5) is 4.79 Å². The molecular formula is C34H42N2O7. The first-order chi connectivity index (χ1) is 20.6. The van der Waals surface area contributed by atoms with Gasteiger partial charge in [-0.3, -0.25) is 9.59 Å². The lowest BCUT2D eigenvalue weighted by Gasteiger charge is -2.25. The summed E-state index contributed by atoms with van der Waals surface area (Å²) in [6, 6.07) is 25.0. The maximum Gasteiger partial charge on any atom is 0.514 e. The van der Waals surface area contributed by atoms with E-state index >= 15 is 0 Å². The zero-order valence-corrected chi connectivity index (χ0v) is 25.7. The van der Waals surface area contributed by atoms with Gasteiger partial charge < -0.3 is 28.7 Å². The van der Waals surface area contributed by atoms with Crippen molar-refractivity contribution >= 4 is 18.0 Å². The summed E-state index contributed by atoms with van der Waals surface area (Å²) in [4.78, 5) is 41.4. The van der Waals surface area contributed by atoms with Gasteiger partial charge in [-0.2, -0.15) is 0 Å². The summed E-state index contributed by atoms with van der Waals surface area (Å²) >= 11 is 0. The molecule has 3 aromatic rings. The van der Waals surface area contributed by atoms with E-state index in [1.54, 1.807) is 79.1 Å². The first kappa shape index (κ1) is 33.3. The Morgan fingerprint density at radius 1 is 0.674 bits per heavy atom. The van der Waals surface area contributed by atoms with Gasteiger partial charge in [0.1, 0.15) is 11.4 Å². The Bertz CT molecular complexity index is 1230. The molecule has 230 valence electrons. The fraction of sp³-hybridized carbons (Fsp3) is 0.382. The second kappa shape index (κ2) is 16.4. The Labute approximate surface area is 254 Å². The predicted molar refractivity (Wildman–Crippen MR) is 164 cm³/mol. The van der Waals surface area contributed by atoms with E-state index in [1.165, 1.54) is 0 Å². The molecule has 0 aromatic heterocycles. The molecular weight excluding hydrogens is 548 g/mol. The van der Waals surface area contributed by atoms with Crippen molar-refractivity contribution in [1.82, 2.24) is 9.80 Å². The van der Waals surface area contributed by atoms with Crippen LogP contribution in [0.1, 0.15) is 67.2 Å². The van der Waals surface area contributed by atoms with E-state index in [4.69, 9.17) is 18.9 Å². The van der Waals surface area contributed by atoms with Crippen LogP contribution in [0.2, 0.25) is 0 Å². The molecule has 0 aliphatic heterocycles. The van der Waals surface area contributed by atoms with E-state index in [0.29, 0.717) is 48.6 Å². The summed E-state index contributed by atoms with van der Waals surface area (Å²) in [6.45, 7) is 11.3. The van der Waals surface area contributed by atoms with Gasteiger partial charge in [0.15, 0.2) is 6.29 Å². The lowest BCUT2D eigenvalue weighted by Crippen LogP contribution is -2.35. The predicted octanol–water partition coefficient (Wildman–Crippen LogP) is 6.36. The third kappa shape index (κ3) is 10.9. The lowest BCUT2D eigenvalue weighted by molar-refractivity contribution is -0.149. The number of nitrogens with zero attached hydrogens (tertiary/aromatic N) is 2. The average molecular weight is 591 g/mol. The number of likely N-dealkylation sites (N-methyl/N-ethyl adjacent to an activating group) is 2. The largest absolute Gasteiger partial charge is 0.514 e. The maximum atomic E-state index is 12.9. The first-order valence-corrected chi connectivity index (χ1v) is 14.5. The average Bonchev–Trinajstić information content (AvgIpc) is 3.00. The van der Waals surface area contributed by atoms with Crippen LogP contribution in [0.15, 0.2) is 84.9 Å². The van der Waals surface area contributed by atoms with Gasteiger partial charge in [0.25, 0.3) is 11.8 Å². The Morgan fingerprint density at radius 2 is 1.12 bits per heavy atom. The zero-order valence-electron chi connectivity index (χ0n) is 25.7. The highest BCUT2D eigenvalue weighted by molar-refractivity contribution is 5.94. The molecule has 9 heteroatoms. The summed E-state index contributed by atoms with van der Waals surface area (Å²) in [5.41, 5.74) is 1.24. The topological polar surface area (TPSA) is 94.6 Å². The maximum absolute atomic E-state index is 12.9. The smallest absolute Gasteiger partial charge is 0.428 e. The highest BCUT2D eigenvalue weighted by Crippen LogP contribution is 2.23. The SMILES string of the molecule is CCN(CCOC(OCCN(CC)C(=O)c1ccccc1)c1ccc(OC(=O)OC(C)(C)C)cc1)C(=O)c1ccccc1. The van der Waals surface area contributed by atoms with E-state index in [2.05, 4.69) is 0 Å². The zero-order chi connectivity index (χ0) is 31.2. The summed E-state index contributed by atoms with van der Waals surface area (Å²) in [5.74, 6) is 0.157. The molecule has 0 spiro atoms. The van der Waals surface area contributed by atoms with Crippen molar-refractivity contribution in [3.05, 3.63) is 102 Å². The molecule has 0 unspecified atom stereocenters. The molecule has 43 heavy (non-hydrogen) atoms. The summed E-state index contributed by atoms with van der Waals surface area (Å²) in [6.07, 6.45) is -1.58. The molecule has 0 N–H and O–H groups in total. The summed E-state index contributed by atoms with van der Waals surface area (Å²) in [7, 11) is 0. The van der Waals surface area contributed by atoms with Gasteiger partial charge in [0, 0.05) is 42.9 Å². The van der Waals surface area contributed by atoms with E-state index in [1.807, 2.05) is 50.2 Å². The monoisotopic (exact) mass is 590 g/mol. The molecule has 0 aliphatic rings. The Hall–Kier alpha value is -4.21. The molecule has 0 heterocycles. The lowest BCUT2D eigenvalue weighted by atomic mass is 10.2. The van der Waals surface area contributed by atoms with Gasteiger partial charge in [-0.05, 0) is 71.0 Å². The number of hydrogen-bond donors (Lipinski definition) is 0. The van der Waals surface area contributed by atoms with E-state index in [-0.39, 0.29) is 25.0 Å². The quantitative estimate of drug-likeness (QED) is 0.123. The van der Waals surface area contributed by atoms with Crippen LogP contribution < -0.4 is 4.74 Å². The van der Waals surface area contributed by atoms with Crippen LogP contribution in [0.25, 0.3) is 0 Å². The minimum Gasteiger partial charge on any atom is -0.428 e. The van der Waals surface area contributed by atoms with Crippen molar-refractivity contribution in [2.75, 3.05) is 39.4 Å². The van der Waals surface area contributed by atoms with Crippen molar-refractivity contribution < 1.29 is 33.3 Å². The molecule has 0 bridgehead atoms. The van der Waals surface area contributed by atoms with Crippen LogP contribution in [-0.4, -0.2) is 72.8 Å². The normalized spacial score (nSPS) is 11.2. The second-order valence-electron chi connectivity index (χ2n) is 10.7. The van der Waals surface area contributed by atoms with Crippen molar-refractivity contribution in [3.63, 3.8) is 0 Å². The van der Waals surface area contributed by atoms with Gasteiger partial charge >= 0.3 is 6.16 Å². The number of ether oxygens (including phenoxy) is 4. The van der Waals surface area contributed by atoms with Gasteiger partial charge in [-0.1, -0.05) is 48.5 Å². The van der Waals surface area contributed by atoms with Gasteiger partial charge in [0.2, 0.25) is 0 Å². The third-order valence-electron chi connectivity index (χ3n) is 6.38. The van der Waals surface area contributed by atoms with Gasteiger partial charge in [-0.25, -0.2) is 4.79 Å². The highest BCUT2D eigenvalue weighted by Gasteiger charge is 2.21. The number of amides is 2. The van der Waals surface area contributed by atoms with Crippen LogP contribution in [0, 0.1) is 0 Å². The van der Waals surface area contributed by atoms with E-state index in [0.717, 1.165) is 0 Å². The molecule has 0 radical (unpaired) electrons. The number of rotatable bonds is 14. The summed E-state index contributed by atoms with van der Waals surface area (Å²) < 4.78 is 22.8. The van der Waals surface area contributed by atoms with Crippen LogP contribution >= 0.6 is 0 Å². The van der Waals surface area contributed by atoms with Crippen molar-refractivity contribution in [2.24, 2.45) is 0 Å². The molecule has 0 aliphatic carbocycles. The van der Waals surface area contributed by atoms with Crippen LogP contribution in [0.5, 0.6) is 5.75 Å². The van der Waals surface area contributed by atoms with Gasteiger partial charge in [0.05, 0.1) is 13.2 Å². The van der Waals surface area contributed by atoms with Crippen LogP contribution in [0.3, 0.4) is 0 Å². The second-order valence-corrected chi connectivity index (χ2v) is 10.7. The standard InChI is InChI=1S/C34H42N2O7/c1-6-35(30(37)26-14-10-8-11-15-26)22-24-40-32(28-18-20-29(21-19-28)42-33(39)43-34(3,4)5)41-25-23-36(7-2)31(38)27-16-12-9-13-17-27/h8-21,32H,6-7,22-25H2,1-5H3. The van der Waals surface area contributed by atoms with E-state index in [9.17, 15) is 14.4 Å². The van der Waals surface area contributed by atoms with Gasteiger partial charge in [-0.15, -0.1) is 0 Å². The molecule has 0 saturated carbocycles. The molecule has 9 nitrogen and oxygen atoms in total. The molecule has 3 aromatic carbocycles. The number of benzene rings is 3. The summed E-state index contributed by atoms with van der Waals surface area (Å²) in [5, 5.41) is 0. The minimum atomic E-state index is -0.796. The number of carbonyl (C=O) groups excluding carboxylic acids is 3. The van der Waals surface area contributed by atoms with Crippen molar-refractivity contribution in [3.8, 4) is 5.75 Å². The fourth-order valence-corrected chi connectivity index (χ4v) is 4.17. The minimum absolute atomic E-state index is 0.0779. The highest BCUT2D eigenvalue weighted by atomic mass is 16.7. The van der Waals surface area contributed by atoms with Crippen LogP contribution in [-0.2, 0) is 14.2 Å². The van der Waals surface area contributed by atoms with Crippen molar-refractivity contribution in [1.29, 1.82) is 0 Å². The Morgan fingerprint density at radius 3 is 1.51 bits per heavy atom. The Kier molecular flexibility index (Phi) is 12.7. The molecule has 2 amide bonds. The van der Waals surface area contributed by atoms with Crippen molar-refractivity contribution in [2.45, 2.75) is 46.5 Å². The fourth-order valence-electron chi connectivity index (χ4n) is 4.17. The third-order valence-corrected chi connectivity index (χ3v) is 6.38. The first-order valence-electron chi connectivity index (χ1n) is 14.5. The number of carbonyl (C=O) groups is 3. The molecule has 0 saturated heterocycles.